The van der Waals surface area contributed by atoms with Crippen LogP contribution in [0.3, 0.4) is 0 Å². The Labute approximate surface area is 139 Å². The van der Waals surface area contributed by atoms with E-state index in [1.807, 2.05) is 23.4 Å². The van der Waals surface area contributed by atoms with Crippen LogP contribution in [0.4, 0.5) is 0 Å². The Kier molecular flexibility index (Phi) is 2.96. The molecular weight excluding hydrogens is 304 g/mol. The van der Waals surface area contributed by atoms with E-state index in [1.165, 1.54) is 4.57 Å². The lowest BCUT2D eigenvalue weighted by atomic mass is 10.0. The maximum absolute atomic E-state index is 13.0. The number of hydrogen-bond donors (Lipinski definition) is 0. The molecule has 3 heterocycles. The average molecular weight is 324 g/mol. The number of pyridine rings is 1. The maximum atomic E-state index is 13.0. The van der Waals surface area contributed by atoms with Crippen LogP contribution in [0.5, 0.6) is 0 Å². The Hall–Kier alpha value is -2.55. The zero-order chi connectivity index (χ0) is 17.2. The summed E-state index contributed by atoms with van der Waals surface area (Å²) in [7, 11) is 3.58. The van der Waals surface area contributed by atoms with Crippen molar-refractivity contribution in [3.63, 3.8) is 0 Å². The van der Waals surface area contributed by atoms with Gasteiger partial charge < -0.3 is 14.0 Å². The Morgan fingerprint density at radius 1 is 1.38 bits per heavy atom. The van der Waals surface area contributed by atoms with Crippen LogP contribution in [0.15, 0.2) is 17.2 Å². The number of piperidine rings is 1. The number of nitriles is 1. The third-order valence-corrected chi connectivity index (χ3v) is 5.73. The van der Waals surface area contributed by atoms with Gasteiger partial charge in [0.25, 0.3) is 11.5 Å². The first-order valence-electron chi connectivity index (χ1n) is 8.19. The molecule has 0 unspecified atom stereocenters. The highest BCUT2D eigenvalue weighted by atomic mass is 16.2. The van der Waals surface area contributed by atoms with Crippen molar-refractivity contribution in [1.29, 1.82) is 5.26 Å². The van der Waals surface area contributed by atoms with Crippen LogP contribution in [0.2, 0.25) is 0 Å². The molecule has 0 bridgehead atoms. The van der Waals surface area contributed by atoms with E-state index in [2.05, 4.69) is 6.07 Å². The van der Waals surface area contributed by atoms with Crippen LogP contribution in [-0.4, -0.2) is 33.0 Å². The Morgan fingerprint density at radius 2 is 2.12 bits per heavy atom. The zero-order valence-corrected chi connectivity index (χ0v) is 14.2. The Bertz CT molecular complexity index is 978. The Balaban J connectivity index is 1.77. The average Bonchev–Trinajstić information content (AvgIpc) is 2.89. The van der Waals surface area contributed by atoms with Gasteiger partial charge in [-0.05, 0) is 24.8 Å². The SMILES string of the molecule is Cc1cn(C)c(=O)c2c(C(=O)N3C[C@@H]4C[C@]4(CC#N)C3)cn(C)c12. The summed E-state index contributed by atoms with van der Waals surface area (Å²) in [4.78, 5) is 27.5. The standard InChI is InChI=1S/C18H20N4O2/c1-11-7-21(3)17(24)14-13(9-20(2)15(11)14)16(23)22-8-12-6-18(12,10-22)4-5-19/h7,9,12H,4,6,8,10H2,1-3H3/t12-,18+/m0/s1. The van der Waals surface area contributed by atoms with E-state index in [0.29, 0.717) is 36.4 Å². The highest BCUT2D eigenvalue weighted by Gasteiger charge is 2.60. The molecule has 1 aliphatic carbocycles. The molecule has 0 spiro atoms. The second kappa shape index (κ2) is 4.73. The second-order valence-corrected chi connectivity index (χ2v) is 7.39. The summed E-state index contributed by atoms with van der Waals surface area (Å²) in [6, 6.07) is 2.25. The summed E-state index contributed by atoms with van der Waals surface area (Å²) < 4.78 is 3.40. The molecular formula is C18H20N4O2. The van der Waals surface area contributed by atoms with Gasteiger partial charge in [-0.1, -0.05) is 0 Å². The number of aromatic nitrogens is 2. The molecule has 0 N–H and O–H groups in total. The van der Waals surface area contributed by atoms with Crippen LogP contribution >= 0.6 is 0 Å². The molecule has 1 saturated heterocycles. The van der Waals surface area contributed by atoms with Gasteiger partial charge in [-0.2, -0.15) is 5.26 Å². The van der Waals surface area contributed by atoms with Crippen LogP contribution < -0.4 is 5.56 Å². The molecule has 2 aromatic heterocycles. The van der Waals surface area contributed by atoms with Gasteiger partial charge in [0.15, 0.2) is 0 Å². The van der Waals surface area contributed by atoms with Crippen LogP contribution in [-0.2, 0) is 14.1 Å². The minimum Gasteiger partial charge on any atom is -0.349 e. The highest BCUT2D eigenvalue weighted by molar-refractivity contribution is 6.07. The summed E-state index contributed by atoms with van der Waals surface area (Å²) in [5.41, 5.74) is 2.13. The molecule has 24 heavy (non-hydrogen) atoms. The molecule has 0 radical (unpaired) electrons. The summed E-state index contributed by atoms with van der Waals surface area (Å²) in [5.74, 6) is 0.355. The van der Waals surface area contributed by atoms with Crippen LogP contribution in [0.25, 0.3) is 10.9 Å². The van der Waals surface area contributed by atoms with E-state index in [4.69, 9.17) is 5.26 Å². The molecule has 2 atom stereocenters. The smallest absolute Gasteiger partial charge is 0.260 e. The number of hydrogen-bond acceptors (Lipinski definition) is 3. The number of nitrogens with zero attached hydrogens (tertiary/aromatic N) is 4. The van der Waals surface area contributed by atoms with Crippen molar-refractivity contribution in [3.05, 3.63) is 33.9 Å². The molecule has 1 aliphatic heterocycles. The largest absolute Gasteiger partial charge is 0.349 e. The van der Waals surface area contributed by atoms with Gasteiger partial charge in [-0.3, -0.25) is 9.59 Å². The summed E-state index contributed by atoms with van der Waals surface area (Å²) in [6.45, 7) is 3.28. The van der Waals surface area contributed by atoms with Crippen molar-refractivity contribution in [1.82, 2.24) is 14.0 Å². The third-order valence-electron chi connectivity index (χ3n) is 5.73. The predicted molar refractivity (Wildman–Crippen MR) is 89.6 cm³/mol. The monoisotopic (exact) mass is 324 g/mol. The normalized spacial score (nSPS) is 24.9. The molecule has 0 aromatic carbocycles. The topological polar surface area (TPSA) is 71.0 Å². The van der Waals surface area contributed by atoms with Crippen molar-refractivity contribution in [2.75, 3.05) is 13.1 Å². The number of rotatable bonds is 2. The number of fused-ring (bicyclic) bond motifs is 2. The summed E-state index contributed by atoms with van der Waals surface area (Å²) >= 11 is 0. The number of carbonyl (C=O) groups excluding carboxylic acids is 1. The van der Waals surface area contributed by atoms with Gasteiger partial charge in [-0.25, -0.2) is 0 Å². The van der Waals surface area contributed by atoms with E-state index in [1.54, 1.807) is 19.4 Å². The molecule has 2 aromatic rings. The van der Waals surface area contributed by atoms with E-state index in [0.717, 1.165) is 17.5 Å². The van der Waals surface area contributed by atoms with Crippen molar-refractivity contribution in [2.24, 2.45) is 25.4 Å². The molecule has 124 valence electrons. The molecule has 2 aliphatic rings. The van der Waals surface area contributed by atoms with Gasteiger partial charge >= 0.3 is 0 Å². The van der Waals surface area contributed by atoms with Gasteiger partial charge in [0.2, 0.25) is 0 Å². The van der Waals surface area contributed by atoms with Gasteiger partial charge in [0.05, 0.1) is 22.5 Å². The Morgan fingerprint density at radius 3 is 2.83 bits per heavy atom. The van der Waals surface area contributed by atoms with Crippen molar-refractivity contribution >= 4 is 16.8 Å². The third kappa shape index (κ3) is 1.87. The van der Waals surface area contributed by atoms with Crippen molar-refractivity contribution in [2.45, 2.75) is 19.8 Å². The fourth-order valence-corrected chi connectivity index (χ4v) is 4.42. The highest BCUT2D eigenvalue weighted by Crippen LogP contribution is 2.60. The van der Waals surface area contributed by atoms with Crippen LogP contribution in [0, 0.1) is 29.6 Å². The maximum Gasteiger partial charge on any atom is 0.260 e. The van der Waals surface area contributed by atoms with Gasteiger partial charge in [0.1, 0.15) is 0 Å². The quantitative estimate of drug-likeness (QED) is 0.842. The number of likely N-dealkylation sites (tertiary alicyclic amines) is 1. The van der Waals surface area contributed by atoms with E-state index in [9.17, 15) is 9.59 Å². The van der Waals surface area contributed by atoms with E-state index < -0.39 is 0 Å². The molecule has 2 fully saturated rings. The molecule has 1 saturated carbocycles. The number of carbonyl (C=O) groups is 1. The molecule has 6 nitrogen and oxygen atoms in total. The molecule has 6 heteroatoms. The fourth-order valence-electron chi connectivity index (χ4n) is 4.42. The molecule has 4 rings (SSSR count). The zero-order valence-electron chi connectivity index (χ0n) is 14.2. The predicted octanol–water partition coefficient (Wildman–Crippen LogP) is 1.56. The second-order valence-electron chi connectivity index (χ2n) is 7.39. The number of aryl methyl sites for hydroxylation is 3. The lowest BCUT2D eigenvalue weighted by Gasteiger charge is -2.19. The van der Waals surface area contributed by atoms with E-state index >= 15 is 0 Å². The van der Waals surface area contributed by atoms with Crippen molar-refractivity contribution < 1.29 is 4.79 Å². The summed E-state index contributed by atoms with van der Waals surface area (Å²) in [6.07, 6.45) is 5.12. The minimum atomic E-state index is -0.143. The number of amides is 1. The first-order chi connectivity index (χ1) is 11.4. The molecule has 1 amide bonds. The minimum absolute atomic E-state index is 0.00979. The lowest BCUT2D eigenvalue weighted by molar-refractivity contribution is 0.0766. The first-order valence-corrected chi connectivity index (χ1v) is 8.19. The fraction of sp³-hybridized carbons (Fsp3) is 0.500. The van der Waals surface area contributed by atoms with Gasteiger partial charge in [0, 0.05) is 51.4 Å². The van der Waals surface area contributed by atoms with Crippen LogP contribution in [0.1, 0.15) is 28.8 Å². The van der Waals surface area contributed by atoms with E-state index in [-0.39, 0.29) is 16.9 Å². The summed E-state index contributed by atoms with van der Waals surface area (Å²) in [5, 5.41) is 9.50. The van der Waals surface area contributed by atoms with Gasteiger partial charge in [-0.15, -0.1) is 0 Å². The van der Waals surface area contributed by atoms with Crippen molar-refractivity contribution in [3.8, 4) is 6.07 Å². The first kappa shape index (κ1) is 15.0. The lowest BCUT2D eigenvalue weighted by Crippen LogP contribution is -2.32.